The van der Waals surface area contributed by atoms with Crippen molar-refractivity contribution in [2.24, 2.45) is 7.05 Å². The van der Waals surface area contributed by atoms with Crippen LogP contribution >= 0.6 is 0 Å². The first-order valence-electron chi connectivity index (χ1n) is 14.0. The Balaban J connectivity index is 1.41. The van der Waals surface area contributed by atoms with Gasteiger partial charge in [0.1, 0.15) is 0 Å². The van der Waals surface area contributed by atoms with Gasteiger partial charge < -0.3 is 4.74 Å². The molecule has 1 aromatic heterocycles. The molecule has 12 heteroatoms. The molecule has 2 bridgehead atoms. The van der Waals surface area contributed by atoms with E-state index in [2.05, 4.69) is 20.3 Å². The summed E-state index contributed by atoms with van der Waals surface area (Å²) in [7, 11) is 1.70. The molecular weight excluding hydrogens is 572 g/mol. The van der Waals surface area contributed by atoms with E-state index in [0.717, 1.165) is 23.3 Å². The quantitative estimate of drug-likeness (QED) is 0.216. The Kier molecular flexibility index (Phi) is 7.54. The van der Waals surface area contributed by atoms with Crippen molar-refractivity contribution < 1.29 is 31.1 Å². The van der Waals surface area contributed by atoms with Gasteiger partial charge in [0.15, 0.2) is 5.82 Å². The SMILES string of the molecule is Cn1nnc([C@@H]2C[C@@]3(c4ccccc4)[C@H](OCc4cc(C(F)(F)F)cc(C(F)(F)F)c4)CC[C@@H]2N3Cc2ccccc2)n1. The Morgan fingerprint density at radius 2 is 1.47 bits per heavy atom. The number of hydrogen-bond donors (Lipinski definition) is 0. The van der Waals surface area contributed by atoms with Crippen molar-refractivity contribution in [2.75, 3.05) is 0 Å². The maximum atomic E-state index is 13.6. The zero-order valence-electron chi connectivity index (χ0n) is 23.2. The highest BCUT2D eigenvalue weighted by molar-refractivity contribution is 5.35. The average molecular weight is 602 g/mol. The van der Waals surface area contributed by atoms with Crippen molar-refractivity contribution in [3.63, 3.8) is 0 Å². The van der Waals surface area contributed by atoms with Crippen molar-refractivity contribution in [3.8, 4) is 0 Å². The smallest absolute Gasteiger partial charge is 0.371 e. The standard InChI is InChI=1S/C31H29F6N5O/c1-41-39-28(38-40-41)25-17-29(22-10-6-3-7-11-22)27(13-12-26(25)42(29)18-20-8-4-2-5-9-20)43-19-21-14-23(30(32,33)34)16-24(15-21)31(35,36)37/h2-11,14-16,25-27H,12-13,17-19H2,1H3/t25-,26+,27-,29-/m1/s1. The van der Waals surface area contributed by atoms with E-state index in [1.807, 2.05) is 60.7 Å². The molecule has 3 heterocycles. The Morgan fingerprint density at radius 1 is 0.837 bits per heavy atom. The molecule has 0 spiro atoms. The van der Waals surface area contributed by atoms with Gasteiger partial charge in [-0.3, -0.25) is 4.90 Å². The highest BCUT2D eigenvalue weighted by Crippen LogP contribution is 2.57. The molecule has 226 valence electrons. The van der Waals surface area contributed by atoms with Crippen LogP contribution in [0.1, 0.15) is 58.8 Å². The van der Waals surface area contributed by atoms with Gasteiger partial charge in [-0.05, 0) is 59.4 Å². The number of halogens is 6. The maximum absolute atomic E-state index is 13.6. The van der Waals surface area contributed by atoms with Crippen LogP contribution in [0.2, 0.25) is 0 Å². The minimum atomic E-state index is -4.94. The first-order valence-corrected chi connectivity index (χ1v) is 14.0. The zero-order valence-corrected chi connectivity index (χ0v) is 23.2. The molecule has 0 amide bonds. The molecule has 6 nitrogen and oxygen atoms in total. The van der Waals surface area contributed by atoms with Gasteiger partial charge in [-0.2, -0.15) is 31.1 Å². The van der Waals surface area contributed by atoms with E-state index in [4.69, 9.17) is 4.74 Å². The van der Waals surface area contributed by atoms with Gasteiger partial charge >= 0.3 is 12.4 Å². The summed E-state index contributed by atoms with van der Waals surface area (Å²) in [6.45, 7) is 0.142. The van der Waals surface area contributed by atoms with Crippen molar-refractivity contribution >= 4 is 0 Å². The van der Waals surface area contributed by atoms with Crippen molar-refractivity contribution in [1.29, 1.82) is 0 Å². The number of nitrogens with zero attached hydrogens (tertiary/aromatic N) is 5. The molecule has 2 aliphatic rings. The van der Waals surface area contributed by atoms with E-state index in [9.17, 15) is 26.3 Å². The molecule has 6 rings (SSSR count). The van der Waals surface area contributed by atoms with Crippen LogP contribution in [0.25, 0.3) is 0 Å². The van der Waals surface area contributed by atoms with E-state index in [1.165, 1.54) is 4.80 Å². The normalized spacial score (nSPS) is 24.4. The molecule has 0 saturated carbocycles. The van der Waals surface area contributed by atoms with Crippen molar-refractivity contribution in [2.45, 2.75) is 68.4 Å². The van der Waals surface area contributed by atoms with E-state index >= 15 is 0 Å². The molecule has 0 unspecified atom stereocenters. The third-order valence-corrected chi connectivity index (χ3v) is 8.59. The van der Waals surface area contributed by atoms with Gasteiger partial charge in [0.25, 0.3) is 0 Å². The second-order valence-corrected chi connectivity index (χ2v) is 11.2. The first-order chi connectivity index (χ1) is 20.4. The Morgan fingerprint density at radius 3 is 2.05 bits per heavy atom. The molecule has 4 atom stereocenters. The number of fused-ring (bicyclic) bond motifs is 2. The number of aryl methyl sites for hydroxylation is 1. The number of piperidine rings is 1. The number of hydrogen-bond acceptors (Lipinski definition) is 5. The Hall–Kier alpha value is -3.77. The minimum Gasteiger partial charge on any atom is -0.371 e. The summed E-state index contributed by atoms with van der Waals surface area (Å²) in [5.74, 6) is 0.480. The monoisotopic (exact) mass is 601 g/mol. The highest BCUT2D eigenvalue weighted by Gasteiger charge is 2.60. The maximum Gasteiger partial charge on any atom is 0.416 e. The fourth-order valence-electron chi connectivity index (χ4n) is 6.80. The van der Waals surface area contributed by atoms with Crippen LogP contribution in [-0.4, -0.2) is 37.3 Å². The molecule has 3 aromatic carbocycles. The third-order valence-electron chi connectivity index (χ3n) is 8.59. The lowest BCUT2D eigenvalue weighted by Crippen LogP contribution is -2.56. The second kappa shape index (κ2) is 11.1. The largest absolute Gasteiger partial charge is 0.416 e. The fourth-order valence-corrected chi connectivity index (χ4v) is 6.80. The minimum absolute atomic E-state index is 0.00912. The summed E-state index contributed by atoms with van der Waals surface area (Å²) < 4.78 is 87.8. The molecule has 0 N–H and O–H groups in total. The summed E-state index contributed by atoms with van der Waals surface area (Å²) in [5, 5.41) is 12.9. The van der Waals surface area contributed by atoms with E-state index < -0.39 is 41.7 Å². The van der Waals surface area contributed by atoms with E-state index in [-0.39, 0.29) is 23.6 Å². The molecule has 4 aromatic rings. The van der Waals surface area contributed by atoms with Gasteiger partial charge in [-0.1, -0.05) is 60.7 Å². The molecule has 0 aliphatic carbocycles. The number of benzene rings is 3. The number of alkyl halides is 6. The number of tetrazole rings is 1. The lowest BCUT2D eigenvalue weighted by Gasteiger charge is -2.50. The predicted molar refractivity (Wildman–Crippen MR) is 144 cm³/mol. The van der Waals surface area contributed by atoms with Crippen LogP contribution in [0.4, 0.5) is 26.3 Å². The summed E-state index contributed by atoms with van der Waals surface area (Å²) in [4.78, 5) is 3.77. The van der Waals surface area contributed by atoms with Crippen molar-refractivity contribution in [1.82, 2.24) is 25.1 Å². The summed E-state index contributed by atoms with van der Waals surface area (Å²) in [5.41, 5.74) is -1.64. The van der Waals surface area contributed by atoms with Gasteiger partial charge in [0.2, 0.25) is 0 Å². The third kappa shape index (κ3) is 5.65. The van der Waals surface area contributed by atoms with Crippen LogP contribution in [-0.2, 0) is 42.8 Å². The second-order valence-electron chi connectivity index (χ2n) is 11.2. The van der Waals surface area contributed by atoms with Gasteiger partial charge in [0.05, 0.1) is 36.4 Å². The van der Waals surface area contributed by atoms with Crippen LogP contribution < -0.4 is 0 Å². The average Bonchev–Trinajstić information content (AvgIpc) is 3.49. The Labute approximate surface area is 244 Å². The lowest BCUT2D eigenvalue weighted by molar-refractivity contribution is -0.143. The van der Waals surface area contributed by atoms with Crippen molar-refractivity contribution in [3.05, 3.63) is 113 Å². The molecule has 2 saturated heterocycles. The number of rotatable bonds is 7. The first kappa shape index (κ1) is 29.3. The fraction of sp³-hybridized carbons (Fsp3) is 0.387. The van der Waals surface area contributed by atoms with Gasteiger partial charge in [0, 0.05) is 18.5 Å². The van der Waals surface area contributed by atoms with E-state index in [0.29, 0.717) is 31.6 Å². The summed E-state index contributed by atoms with van der Waals surface area (Å²) in [6, 6.07) is 21.2. The van der Waals surface area contributed by atoms with Gasteiger partial charge in [-0.25, -0.2) is 0 Å². The lowest BCUT2D eigenvalue weighted by atomic mass is 9.78. The molecule has 2 aliphatic heterocycles. The topological polar surface area (TPSA) is 56.1 Å². The predicted octanol–water partition coefficient (Wildman–Crippen LogP) is 6.88. The molecule has 0 radical (unpaired) electrons. The molecule has 43 heavy (non-hydrogen) atoms. The number of aromatic nitrogens is 4. The summed E-state index contributed by atoms with van der Waals surface area (Å²) in [6.07, 6.45) is -8.65. The van der Waals surface area contributed by atoms with Crippen LogP contribution in [0.15, 0.2) is 78.9 Å². The molecular formula is C31H29F6N5O. The molecule has 2 fully saturated rings. The van der Waals surface area contributed by atoms with Crippen LogP contribution in [0, 0.1) is 0 Å². The summed E-state index contributed by atoms with van der Waals surface area (Å²) >= 11 is 0. The van der Waals surface area contributed by atoms with Crippen LogP contribution in [0.3, 0.4) is 0 Å². The Bertz CT molecular complexity index is 1530. The van der Waals surface area contributed by atoms with E-state index in [1.54, 1.807) is 7.05 Å². The highest BCUT2D eigenvalue weighted by atomic mass is 19.4. The van der Waals surface area contributed by atoms with Gasteiger partial charge in [-0.15, -0.1) is 10.2 Å². The number of ether oxygens (including phenoxy) is 1. The zero-order chi connectivity index (χ0) is 30.4. The van der Waals surface area contributed by atoms with Crippen LogP contribution in [0.5, 0.6) is 0 Å².